The smallest absolute Gasteiger partial charge is 0.408 e. The number of benzene rings is 2. The minimum atomic E-state index is -0.264. The average molecular weight is 336 g/mol. The van der Waals surface area contributed by atoms with E-state index in [4.69, 9.17) is 4.42 Å². The van der Waals surface area contributed by atoms with Crippen molar-refractivity contribution < 1.29 is 4.42 Å². The maximum atomic E-state index is 12.2. The van der Waals surface area contributed by atoms with E-state index in [0.29, 0.717) is 18.2 Å². The Hall–Kier alpha value is -2.33. The highest BCUT2D eigenvalue weighted by Crippen LogP contribution is 2.32. The van der Waals surface area contributed by atoms with Gasteiger partial charge < -0.3 is 4.42 Å². The monoisotopic (exact) mass is 336 g/mol. The summed E-state index contributed by atoms with van der Waals surface area (Å²) in [7, 11) is 0. The molecule has 0 amide bonds. The molecule has 0 spiro atoms. The molecule has 0 N–H and O–H groups in total. The molecule has 4 heteroatoms. The fraction of sp³-hybridized carbons (Fsp3) is 0.381. The van der Waals surface area contributed by atoms with Crippen molar-refractivity contribution in [1.82, 2.24) is 9.47 Å². The van der Waals surface area contributed by atoms with Gasteiger partial charge in [-0.15, -0.1) is 0 Å². The molecule has 0 aliphatic heterocycles. The Kier molecular flexibility index (Phi) is 4.45. The summed E-state index contributed by atoms with van der Waals surface area (Å²) in [5.41, 5.74) is 2.87. The fourth-order valence-electron chi connectivity index (χ4n) is 3.47. The lowest BCUT2D eigenvalue weighted by molar-refractivity contribution is 0.193. The summed E-state index contributed by atoms with van der Waals surface area (Å²) in [6.45, 7) is 4.85. The maximum Gasteiger partial charge on any atom is 0.419 e. The Morgan fingerprint density at radius 1 is 1.12 bits per heavy atom. The van der Waals surface area contributed by atoms with Crippen LogP contribution in [0.4, 0.5) is 0 Å². The van der Waals surface area contributed by atoms with Crippen molar-refractivity contribution in [3.05, 3.63) is 70.7 Å². The summed E-state index contributed by atoms with van der Waals surface area (Å²) < 4.78 is 7.12. The standard InChI is InChI=1S/C21H24N2O2/c1-16(18-7-3-2-4-8-18)22(15-17-11-12-17)13-14-23-19-9-5-6-10-20(19)25-21(23)24/h2-10,16-17H,11-15H2,1H3. The summed E-state index contributed by atoms with van der Waals surface area (Å²) in [5, 5.41) is 0. The lowest BCUT2D eigenvalue weighted by Gasteiger charge is -2.29. The van der Waals surface area contributed by atoms with Crippen LogP contribution < -0.4 is 5.76 Å². The molecule has 0 saturated heterocycles. The molecular formula is C21H24N2O2. The molecular weight excluding hydrogens is 312 g/mol. The summed E-state index contributed by atoms with van der Waals surface area (Å²) in [4.78, 5) is 14.7. The van der Waals surface area contributed by atoms with Gasteiger partial charge in [0, 0.05) is 25.7 Å². The molecule has 130 valence electrons. The van der Waals surface area contributed by atoms with Crippen molar-refractivity contribution in [3.63, 3.8) is 0 Å². The van der Waals surface area contributed by atoms with Crippen LogP contribution in [0.1, 0.15) is 31.4 Å². The van der Waals surface area contributed by atoms with E-state index in [1.54, 1.807) is 4.57 Å². The van der Waals surface area contributed by atoms with Crippen LogP contribution in [0.2, 0.25) is 0 Å². The van der Waals surface area contributed by atoms with Gasteiger partial charge in [-0.2, -0.15) is 0 Å². The zero-order valence-corrected chi connectivity index (χ0v) is 14.6. The molecule has 2 aromatic carbocycles. The molecule has 1 saturated carbocycles. The van der Waals surface area contributed by atoms with Crippen molar-refractivity contribution >= 4 is 11.1 Å². The van der Waals surface area contributed by atoms with E-state index < -0.39 is 0 Å². The third kappa shape index (κ3) is 3.54. The third-order valence-electron chi connectivity index (χ3n) is 5.20. The average Bonchev–Trinajstić information content (AvgIpc) is 3.40. The Labute approximate surface area is 147 Å². The topological polar surface area (TPSA) is 38.4 Å². The number of hydrogen-bond acceptors (Lipinski definition) is 3. The van der Waals surface area contributed by atoms with E-state index in [0.717, 1.165) is 24.5 Å². The first-order valence-corrected chi connectivity index (χ1v) is 9.10. The van der Waals surface area contributed by atoms with Crippen LogP contribution in [0.5, 0.6) is 0 Å². The van der Waals surface area contributed by atoms with E-state index in [1.807, 2.05) is 24.3 Å². The highest BCUT2D eigenvalue weighted by molar-refractivity contribution is 5.72. The molecule has 1 atom stereocenters. The predicted octanol–water partition coefficient (Wildman–Crippen LogP) is 4.07. The van der Waals surface area contributed by atoms with Crippen molar-refractivity contribution in [1.29, 1.82) is 0 Å². The SMILES string of the molecule is CC(c1ccccc1)N(CCn1c(=O)oc2ccccc21)CC1CC1. The highest BCUT2D eigenvalue weighted by Gasteiger charge is 2.27. The molecule has 1 fully saturated rings. The Morgan fingerprint density at radius 2 is 1.84 bits per heavy atom. The first-order valence-electron chi connectivity index (χ1n) is 9.10. The zero-order valence-electron chi connectivity index (χ0n) is 14.6. The van der Waals surface area contributed by atoms with Gasteiger partial charge in [0.05, 0.1) is 5.52 Å². The number of aromatic nitrogens is 1. The van der Waals surface area contributed by atoms with Crippen molar-refractivity contribution in [2.75, 3.05) is 13.1 Å². The van der Waals surface area contributed by atoms with E-state index >= 15 is 0 Å². The molecule has 3 aromatic rings. The van der Waals surface area contributed by atoms with Crippen LogP contribution in [0.25, 0.3) is 11.1 Å². The van der Waals surface area contributed by atoms with Crippen molar-refractivity contribution in [3.8, 4) is 0 Å². The number of hydrogen-bond donors (Lipinski definition) is 0. The molecule has 1 aliphatic rings. The maximum absolute atomic E-state index is 12.2. The summed E-state index contributed by atoms with van der Waals surface area (Å²) >= 11 is 0. The van der Waals surface area contributed by atoms with Crippen molar-refractivity contribution in [2.24, 2.45) is 5.92 Å². The van der Waals surface area contributed by atoms with Crippen LogP contribution in [0.3, 0.4) is 0 Å². The normalized spacial score (nSPS) is 15.8. The summed E-state index contributed by atoms with van der Waals surface area (Å²) in [6.07, 6.45) is 2.65. The molecule has 1 aliphatic carbocycles. The molecule has 1 heterocycles. The molecule has 0 radical (unpaired) electrons. The second kappa shape index (κ2) is 6.89. The van der Waals surface area contributed by atoms with E-state index in [-0.39, 0.29) is 5.76 Å². The fourth-order valence-corrected chi connectivity index (χ4v) is 3.47. The molecule has 25 heavy (non-hydrogen) atoms. The molecule has 1 unspecified atom stereocenters. The summed E-state index contributed by atoms with van der Waals surface area (Å²) in [5.74, 6) is 0.545. The number of fused-ring (bicyclic) bond motifs is 1. The van der Waals surface area contributed by atoms with Gasteiger partial charge in [0.2, 0.25) is 0 Å². The van der Waals surface area contributed by atoms with Gasteiger partial charge in [0.1, 0.15) is 0 Å². The van der Waals surface area contributed by atoms with E-state index in [9.17, 15) is 4.79 Å². The lowest BCUT2D eigenvalue weighted by Crippen LogP contribution is -2.33. The zero-order chi connectivity index (χ0) is 17.2. The number of nitrogens with zero attached hydrogens (tertiary/aromatic N) is 2. The molecule has 1 aromatic heterocycles. The predicted molar refractivity (Wildman–Crippen MR) is 99.6 cm³/mol. The first kappa shape index (κ1) is 16.2. The van der Waals surface area contributed by atoms with E-state index in [2.05, 4.69) is 42.2 Å². The third-order valence-corrected chi connectivity index (χ3v) is 5.20. The van der Waals surface area contributed by atoms with Crippen LogP contribution in [-0.4, -0.2) is 22.6 Å². The van der Waals surface area contributed by atoms with Gasteiger partial charge in [0.25, 0.3) is 0 Å². The van der Waals surface area contributed by atoms with Gasteiger partial charge in [-0.3, -0.25) is 9.47 Å². The minimum Gasteiger partial charge on any atom is -0.408 e. The second-order valence-electron chi connectivity index (χ2n) is 7.01. The highest BCUT2D eigenvalue weighted by atomic mass is 16.4. The van der Waals surface area contributed by atoms with Gasteiger partial charge in [0.15, 0.2) is 5.58 Å². The number of para-hydroxylation sites is 2. The largest absolute Gasteiger partial charge is 0.419 e. The minimum absolute atomic E-state index is 0.264. The van der Waals surface area contributed by atoms with Gasteiger partial charge >= 0.3 is 5.76 Å². The molecule has 4 rings (SSSR count). The van der Waals surface area contributed by atoms with Gasteiger partial charge in [-0.05, 0) is 43.4 Å². The van der Waals surface area contributed by atoms with Crippen molar-refractivity contribution in [2.45, 2.75) is 32.4 Å². The Balaban J connectivity index is 1.54. The number of oxazole rings is 1. The number of rotatable bonds is 7. The van der Waals surface area contributed by atoms with Crippen LogP contribution >= 0.6 is 0 Å². The van der Waals surface area contributed by atoms with E-state index in [1.165, 1.54) is 18.4 Å². The first-order chi connectivity index (χ1) is 12.2. The Bertz CT molecular complexity index is 893. The summed E-state index contributed by atoms with van der Waals surface area (Å²) in [6, 6.07) is 18.6. The lowest BCUT2D eigenvalue weighted by atomic mass is 10.1. The Morgan fingerprint density at radius 3 is 2.60 bits per heavy atom. The molecule has 0 bridgehead atoms. The van der Waals surface area contributed by atoms with Crippen LogP contribution in [0, 0.1) is 5.92 Å². The van der Waals surface area contributed by atoms with Crippen LogP contribution in [-0.2, 0) is 6.54 Å². The van der Waals surface area contributed by atoms with Crippen LogP contribution in [0.15, 0.2) is 63.8 Å². The van der Waals surface area contributed by atoms with Gasteiger partial charge in [-0.25, -0.2) is 4.79 Å². The second-order valence-corrected chi connectivity index (χ2v) is 7.01. The molecule has 4 nitrogen and oxygen atoms in total. The quantitative estimate of drug-likeness (QED) is 0.653. The van der Waals surface area contributed by atoms with Gasteiger partial charge in [-0.1, -0.05) is 42.5 Å².